The lowest BCUT2D eigenvalue weighted by Gasteiger charge is -2.12. The minimum atomic E-state index is -0.553. The minimum absolute atomic E-state index is 0.0521. The lowest BCUT2D eigenvalue weighted by atomic mass is 10.1. The van der Waals surface area contributed by atoms with Gasteiger partial charge in [-0.3, -0.25) is 14.4 Å². The Balaban J connectivity index is 1.66. The Kier molecular flexibility index (Phi) is 8.15. The Morgan fingerprint density at radius 1 is 1.06 bits per heavy atom. The zero-order valence-electron chi connectivity index (χ0n) is 18.4. The Labute approximate surface area is 200 Å². The molecule has 0 saturated heterocycles. The van der Waals surface area contributed by atoms with Crippen LogP contribution in [0.25, 0.3) is 11.3 Å². The highest BCUT2D eigenvalue weighted by Crippen LogP contribution is 2.28. The number of ether oxygens (including phenoxy) is 2. The van der Waals surface area contributed by atoms with Crippen molar-refractivity contribution in [1.29, 1.82) is 0 Å². The van der Waals surface area contributed by atoms with Crippen molar-refractivity contribution in [3.63, 3.8) is 0 Å². The molecule has 8 nitrogen and oxygen atoms in total. The molecule has 3 aromatic rings. The average molecular weight is 486 g/mol. The van der Waals surface area contributed by atoms with Gasteiger partial charge in [0.25, 0.3) is 11.8 Å². The van der Waals surface area contributed by atoms with Crippen LogP contribution in [0.15, 0.2) is 54.6 Å². The number of nitrogens with zero attached hydrogens (tertiary/aromatic N) is 1. The van der Waals surface area contributed by atoms with Gasteiger partial charge in [0.05, 0.1) is 24.4 Å². The van der Waals surface area contributed by atoms with E-state index in [2.05, 4.69) is 15.6 Å². The highest BCUT2D eigenvalue weighted by molar-refractivity contribution is 6.31. The summed E-state index contributed by atoms with van der Waals surface area (Å²) in [4.78, 5) is 40.8. The summed E-state index contributed by atoms with van der Waals surface area (Å²) in [6.07, 6.45) is 0. The third-order valence-corrected chi connectivity index (χ3v) is 5.01. The fourth-order valence-corrected chi connectivity index (χ4v) is 3.08. The third-order valence-electron chi connectivity index (χ3n) is 4.72. The molecule has 0 unspecified atom stereocenters. The predicted molar refractivity (Wildman–Crippen MR) is 124 cm³/mol. The summed E-state index contributed by atoms with van der Waals surface area (Å²) in [5, 5.41) is 4.93. The van der Waals surface area contributed by atoms with E-state index in [-0.39, 0.29) is 41.1 Å². The number of benzene rings is 2. The summed E-state index contributed by atoms with van der Waals surface area (Å²) in [5.41, 5.74) is 1.36. The molecule has 1 heterocycles. The lowest BCUT2D eigenvalue weighted by Crippen LogP contribution is -2.30. The summed E-state index contributed by atoms with van der Waals surface area (Å²) < 4.78 is 24.0. The molecule has 0 radical (unpaired) electrons. The van der Waals surface area contributed by atoms with Gasteiger partial charge in [0.1, 0.15) is 11.5 Å². The Morgan fingerprint density at radius 3 is 2.56 bits per heavy atom. The first kappa shape index (κ1) is 24.7. The van der Waals surface area contributed by atoms with Crippen molar-refractivity contribution >= 4 is 29.2 Å². The molecule has 1 aromatic heterocycles. The molecular formula is C24H21ClFN3O5. The van der Waals surface area contributed by atoms with E-state index in [0.717, 1.165) is 0 Å². The van der Waals surface area contributed by atoms with Crippen molar-refractivity contribution in [2.24, 2.45) is 0 Å². The molecule has 0 atom stereocenters. The van der Waals surface area contributed by atoms with E-state index in [1.807, 2.05) is 0 Å². The highest BCUT2D eigenvalue weighted by atomic mass is 35.5. The molecule has 2 aromatic carbocycles. The second-order valence-electron chi connectivity index (χ2n) is 6.97. The van der Waals surface area contributed by atoms with E-state index < -0.39 is 17.5 Å². The fourth-order valence-electron chi connectivity index (χ4n) is 2.90. The van der Waals surface area contributed by atoms with Gasteiger partial charge in [-0.2, -0.15) is 0 Å². The maximum atomic E-state index is 13.4. The van der Waals surface area contributed by atoms with Crippen molar-refractivity contribution in [2.75, 3.05) is 27.3 Å². The number of likely N-dealkylation sites (N-methyl/N-ethyl adjacent to an activating group) is 1. The first-order chi connectivity index (χ1) is 16.3. The zero-order valence-corrected chi connectivity index (χ0v) is 19.1. The summed E-state index contributed by atoms with van der Waals surface area (Å²) in [7, 11) is 2.89. The van der Waals surface area contributed by atoms with Crippen LogP contribution in [0.2, 0.25) is 5.02 Å². The van der Waals surface area contributed by atoms with E-state index in [4.69, 9.17) is 21.1 Å². The van der Waals surface area contributed by atoms with Crippen molar-refractivity contribution in [1.82, 2.24) is 15.6 Å². The van der Waals surface area contributed by atoms with Gasteiger partial charge in [-0.15, -0.1) is 0 Å². The predicted octanol–water partition coefficient (Wildman–Crippen LogP) is 3.29. The molecule has 0 saturated carbocycles. The van der Waals surface area contributed by atoms with Gasteiger partial charge in [-0.05, 0) is 48.5 Å². The first-order valence-corrected chi connectivity index (χ1v) is 10.5. The number of rotatable bonds is 9. The molecule has 2 amide bonds. The topological polar surface area (TPSA) is 107 Å². The Hall–Kier alpha value is -3.98. The SMILES string of the molecule is CNC(=O)COc1ccc(C(=O)NCC(=O)c2cccc(-c3ccc(F)c(Cl)c3)n2)cc1OC. The monoisotopic (exact) mass is 485 g/mol. The number of nitrogens with one attached hydrogen (secondary N) is 2. The number of aromatic nitrogens is 1. The first-order valence-electron chi connectivity index (χ1n) is 10.1. The standard InChI is InChI=1S/C24H21ClFN3O5/c1-27-23(31)13-34-21-9-7-15(11-22(21)33-2)24(32)28-12-20(30)19-5-3-4-18(29-19)14-6-8-17(26)16(25)10-14/h3-11H,12-13H2,1-2H3,(H,27,31)(H,28,32). The molecular weight excluding hydrogens is 465 g/mol. The molecule has 0 aliphatic heterocycles. The number of hydrogen-bond acceptors (Lipinski definition) is 6. The normalized spacial score (nSPS) is 10.4. The van der Waals surface area contributed by atoms with Gasteiger partial charge in [0, 0.05) is 18.2 Å². The van der Waals surface area contributed by atoms with Crippen LogP contribution >= 0.6 is 11.6 Å². The van der Waals surface area contributed by atoms with Gasteiger partial charge >= 0.3 is 0 Å². The van der Waals surface area contributed by atoms with E-state index in [9.17, 15) is 18.8 Å². The number of methoxy groups -OCH3 is 1. The summed E-state index contributed by atoms with van der Waals surface area (Å²) >= 11 is 5.83. The van der Waals surface area contributed by atoms with Crippen molar-refractivity contribution in [3.8, 4) is 22.8 Å². The summed E-state index contributed by atoms with van der Waals surface area (Å²) in [6, 6.07) is 13.4. The number of pyridine rings is 1. The van der Waals surface area contributed by atoms with E-state index in [1.54, 1.807) is 12.1 Å². The molecule has 10 heteroatoms. The lowest BCUT2D eigenvalue weighted by molar-refractivity contribution is -0.122. The molecule has 0 bridgehead atoms. The van der Waals surface area contributed by atoms with Gasteiger partial charge in [-0.25, -0.2) is 9.37 Å². The van der Waals surface area contributed by atoms with Crippen molar-refractivity contribution < 1.29 is 28.2 Å². The molecule has 3 rings (SSSR count). The quantitative estimate of drug-likeness (QED) is 0.450. The number of ketones is 1. The largest absolute Gasteiger partial charge is 0.493 e. The summed E-state index contributed by atoms with van der Waals surface area (Å²) in [6.45, 7) is -0.500. The van der Waals surface area contributed by atoms with Gasteiger partial charge in [0.2, 0.25) is 0 Å². The van der Waals surface area contributed by atoms with Gasteiger partial charge in [-0.1, -0.05) is 17.7 Å². The van der Waals surface area contributed by atoms with Crippen molar-refractivity contribution in [2.45, 2.75) is 0 Å². The van der Waals surface area contributed by atoms with Crippen LogP contribution in [0, 0.1) is 5.82 Å². The van der Waals surface area contributed by atoms with Crippen LogP contribution in [0.4, 0.5) is 4.39 Å². The van der Waals surface area contributed by atoms with E-state index in [1.165, 1.54) is 56.6 Å². The number of amides is 2. The number of halogens is 2. The molecule has 0 aliphatic carbocycles. The highest BCUT2D eigenvalue weighted by Gasteiger charge is 2.15. The summed E-state index contributed by atoms with van der Waals surface area (Å²) in [5.74, 6) is -1.24. The second kappa shape index (κ2) is 11.2. The fraction of sp³-hybridized carbons (Fsp3) is 0.167. The molecule has 2 N–H and O–H groups in total. The number of Topliss-reactive ketones (excluding diaryl/α,β-unsaturated/α-hetero) is 1. The van der Waals surface area contributed by atoms with Crippen LogP contribution in [0.3, 0.4) is 0 Å². The smallest absolute Gasteiger partial charge is 0.257 e. The molecule has 0 fully saturated rings. The van der Waals surface area contributed by atoms with Crippen molar-refractivity contribution in [3.05, 3.63) is 76.7 Å². The average Bonchev–Trinajstić information content (AvgIpc) is 2.87. The molecule has 176 valence electrons. The number of carbonyl (C=O) groups is 3. The number of carbonyl (C=O) groups excluding carboxylic acids is 3. The van der Waals surface area contributed by atoms with Crippen LogP contribution in [0.5, 0.6) is 11.5 Å². The maximum absolute atomic E-state index is 13.4. The number of hydrogen-bond donors (Lipinski definition) is 2. The Bertz CT molecular complexity index is 1230. The van der Waals surface area contributed by atoms with Crippen LogP contribution in [-0.4, -0.2) is 49.9 Å². The maximum Gasteiger partial charge on any atom is 0.257 e. The van der Waals surface area contributed by atoms with Crippen LogP contribution < -0.4 is 20.1 Å². The third kappa shape index (κ3) is 6.08. The van der Waals surface area contributed by atoms with E-state index >= 15 is 0 Å². The minimum Gasteiger partial charge on any atom is -0.493 e. The molecule has 0 aliphatic rings. The van der Waals surface area contributed by atoms with E-state index in [0.29, 0.717) is 17.0 Å². The van der Waals surface area contributed by atoms with Gasteiger partial charge < -0.3 is 20.1 Å². The van der Waals surface area contributed by atoms with Crippen LogP contribution in [-0.2, 0) is 4.79 Å². The van der Waals surface area contributed by atoms with Gasteiger partial charge in [0.15, 0.2) is 23.9 Å². The Morgan fingerprint density at radius 2 is 1.85 bits per heavy atom. The van der Waals surface area contributed by atoms with Crippen LogP contribution in [0.1, 0.15) is 20.8 Å². The zero-order chi connectivity index (χ0) is 24.7. The molecule has 0 spiro atoms. The molecule has 34 heavy (non-hydrogen) atoms. The second-order valence-corrected chi connectivity index (χ2v) is 7.38.